The summed E-state index contributed by atoms with van der Waals surface area (Å²) in [6, 6.07) is 8.94. The normalized spacial score (nSPS) is 11.3. The quantitative estimate of drug-likeness (QED) is 0.366. The predicted octanol–water partition coefficient (Wildman–Crippen LogP) is 1.67. The monoisotopic (exact) mass is 247 g/mol. The van der Waals surface area contributed by atoms with E-state index in [1.54, 1.807) is 24.4 Å². The second-order valence-corrected chi connectivity index (χ2v) is 3.56. The van der Waals surface area contributed by atoms with Gasteiger partial charge in [-0.25, -0.2) is 20.8 Å². The van der Waals surface area contributed by atoms with E-state index in [9.17, 15) is 0 Å². The second kappa shape index (κ2) is 5.38. The Morgan fingerprint density at radius 3 is 2.76 bits per heavy atom. The molecule has 0 atom stereocenters. The van der Waals surface area contributed by atoms with Crippen LogP contribution < -0.4 is 11.3 Å². The molecule has 2 aromatic rings. The minimum atomic E-state index is 0.431. The summed E-state index contributed by atoms with van der Waals surface area (Å²) in [6.07, 6.45) is 3.04. The molecule has 0 unspecified atom stereocenters. The van der Waals surface area contributed by atoms with E-state index in [4.69, 9.17) is 17.4 Å². The molecule has 0 aliphatic rings. The third-order valence-electron chi connectivity index (χ3n) is 2.05. The number of nitrogens with zero attached hydrogens (tertiary/aromatic N) is 3. The smallest absolute Gasteiger partial charge is 0.166 e. The average molecular weight is 248 g/mol. The number of amidine groups is 1. The molecule has 2 rings (SSSR count). The molecule has 0 bridgehead atoms. The summed E-state index contributed by atoms with van der Waals surface area (Å²) >= 11 is 6.00. The molecule has 1 heterocycles. The van der Waals surface area contributed by atoms with Crippen molar-refractivity contribution in [1.82, 2.24) is 15.4 Å². The summed E-state index contributed by atoms with van der Waals surface area (Å²) in [5, 5.41) is 0.550. The number of nitrogens with one attached hydrogen (secondary N) is 1. The Kier molecular flexibility index (Phi) is 3.64. The first-order chi connectivity index (χ1) is 8.31. The first-order valence-electron chi connectivity index (χ1n) is 4.87. The molecule has 5 nitrogen and oxygen atoms in total. The number of hydrazine groups is 1. The first-order valence-corrected chi connectivity index (χ1v) is 5.25. The SMILES string of the molecule is NN/C(=N\c1ccccc1Cl)c1ccncn1. The van der Waals surface area contributed by atoms with Crippen LogP contribution in [0.25, 0.3) is 0 Å². The lowest BCUT2D eigenvalue weighted by Gasteiger charge is -2.05. The summed E-state index contributed by atoms with van der Waals surface area (Å²) in [4.78, 5) is 12.2. The van der Waals surface area contributed by atoms with Gasteiger partial charge in [0.25, 0.3) is 0 Å². The summed E-state index contributed by atoms with van der Waals surface area (Å²) in [5.74, 6) is 5.85. The van der Waals surface area contributed by atoms with Crippen LogP contribution in [0.5, 0.6) is 0 Å². The van der Waals surface area contributed by atoms with Gasteiger partial charge < -0.3 is 5.43 Å². The van der Waals surface area contributed by atoms with Crippen molar-refractivity contribution in [2.75, 3.05) is 0 Å². The second-order valence-electron chi connectivity index (χ2n) is 3.15. The lowest BCUT2D eigenvalue weighted by atomic mass is 10.3. The lowest BCUT2D eigenvalue weighted by Crippen LogP contribution is -2.31. The van der Waals surface area contributed by atoms with Crippen molar-refractivity contribution < 1.29 is 0 Å². The van der Waals surface area contributed by atoms with Crippen LogP contribution in [0.4, 0.5) is 5.69 Å². The summed E-state index contributed by atoms with van der Waals surface area (Å²) in [5.41, 5.74) is 3.72. The number of benzene rings is 1. The van der Waals surface area contributed by atoms with Gasteiger partial charge in [0.1, 0.15) is 12.0 Å². The maximum absolute atomic E-state index is 6.00. The molecule has 0 aliphatic heterocycles. The summed E-state index contributed by atoms with van der Waals surface area (Å²) in [6.45, 7) is 0. The average Bonchev–Trinajstić information content (AvgIpc) is 2.39. The summed E-state index contributed by atoms with van der Waals surface area (Å²) in [7, 11) is 0. The number of aromatic nitrogens is 2. The maximum atomic E-state index is 6.00. The zero-order valence-electron chi connectivity index (χ0n) is 8.84. The van der Waals surface area contributed by atoms with Crippen LogP contribution in [-0.4, -0.2) is 15.8 Å². The van der Waals surface area contributed by atoms with Gasteiger partial charge in [-0.15, -0.1) is 0 Å². The van der Waals surface area contributed by atoms with Gasteiger partial charge in [0, 0.05) is 6.20 Å². The van der Waals surface area contributed by atoms with Crippen molar-refractivity contribution in [2.45, 2.75) is 0 Å². The fourth-order valence-electron chi connectivity index (χ4n) is 1.26. The molecular weight excluding hydrogens is 238 g/mol. The van der Waals surface area contributed by atoms with Crippen molar-refractivity contribution in [1.29, 1.82) is 0 Å². The molecule has 0 aliphatic carbocycles. The van der Waals surface area contributed by atoms with Crippen LogP contribution >= 0.6 is 11.6 Å². The van der Waals surface area contributed by atoms with E-state index in [1.165, 1.54) is 6.33 Å². The highest BCUT2D eigenvalue weighted by Gasteiger charge is 2.04. The standard InChI is InChI=1S/C11H10ClN5/c12-8-3-1-2-4-9(8)16-11(17-13)10-5-6-14-7-15-10/h1-7H,13H2,(H,16,17). The molecule has 86 valence electrons. The van der Waals surface area contributed by atoms with Crippen LogP contribution in [0, 0.1) is 0 Å². The highest BCUT2D eigenvalue weighted by Crippen LogP contribution is 2.23. The van der Waals surface area contributed by atoms with E-state index in [0.717, 1.165) is 0 Å². The molecule has 0 saturated carbocycles. The van der Waals surface area contributed by atoms with Gasteiger partial charge in [-0.3, -0.25) is 0 Å². The van der Waals surface area contributed by atoms with Crippen molar-refractivity contribution in [3.8, 4) is 0 Å². The largest absolute Gasteiger partial charge is 0.307 e. The zero-order chi connectivity index (χ0) is 12.1. The Balaban J connectivity index is 2.40. The zero-order valence-corrected chi connectivity index (χ0v) is 9.59. The van der Waals surface area contributed by atoms with Crippen LogP contribution in [0.1, 0.15) is 5.69 Å². The van der Waals surface area contributed by atoms with Gasteiger partial charge in [0.2, 0.25) is 0 Å². The summed E-state index contributed by atoms with van der Waals surface area (Å²) < 4.78 is 0. The molecule has 0 saturated heterocycles. The maximum Gasteiger partial charge on any atom is 0.166 e. The number of halogens is 1. The Hall–Kier alpha value is -1.98. The molecular formula is C11H10ClN5. The lowest BCUT2D eigenvalue weighted by molar-refractivity contribution is 1.00. The molecule has 0 amide bonds. The number of aliphatic imine (C=N–C) groups is 1. The van der Waals surface area contributed by atoms with E-state index in [0.29, 0.717) is 22.2 Å². The molecule has 6 heteroatoms. The molecule has 17 heavy (non-hydrogen) atoms. The fraction of sp³-hybridized carbons (Fsp3) is 0. The van der Waals surface area contributed by atoms with Crippen LogP contribution in [0.2, 0.25) is 5.02 Å². The van der Waals surface area contributed by atoms with Gasteiger partial charge in [-0.05, 0) is 18.2 Å². The number of rotatable bonds is 2. The molecule has 0 spiro atoms. The van der Waals surface area contributed by atoms with Crippen molar-refractivity contribution in [3.05, 3.63) is 53.6 Å². The Labute approximate surface area is 103 Å². The van der Waals surface area contributed by atoms with Gasteiger partial charge in [0.05, 0.1) is 10.7 Å². The van der Waals surface area contributed by atoms with Gasteiger partial charge in [-0.1, -0.05) is 23.7 Å². The minimum Gasteiger partial charge on any atom is -0.307 e. The predicted molar refractivity (Wildman–Crippen MR) is 67.0 cm³/mol. The van der Waals surface area contributed by atoms with Gasteiger partial charge in [0.15, 0.2) is 5.84 Å². The van der Waals surface area contributed by atoms with Gasteiger partial charge >= 0.3 is 0 Å². The molecule has 0 radical (unpaired) electrons. The highest BCUT2D eigenvalue weighted by atomic mass is 35.5. The molecule has 1 aromatic heterocycles. The van der Waals surface area contributed by atoms with E-state index >= 15 is 0 Å². The van der Waals surface area contributed by atoms with Crippen molar-refractivity contribution in [2.24, 2.45) is 10.8 Å². The Morgan fingerprint density at radius 2 is 2.12 bits per heavy atom. The fourth-order valence-corrected chi connectivity index (χ4v) is 1.44. The van der Waals surface area contributed by atoms with E-state index in [1.807, 2.05) is 12.1 Å². The van der Waals surface area contributed by atoms with Crippen molar-refractivity contribution in [3.63, 3.8) is 0 Å². The topological polar surface area (TPSA) is 76.2 Å². The van der Waals surface area contributed by atoms with E-state index < -0.39 is 0 Å². The number of nitrogens with two attached hydrogens (primary N) is 1. The van der Waals surface area contributed by atoms with E-state index in [-0.39, 0.29) is 0 Å². The third-order valence-corrected chi connectivity index (χ3v) is 2.37. The highest BCUT2D eigenvalue weighted by molar-refractivity contribution is 6.33. The van der Waals surface area contributed by atoms with Crippen molar-refractivity contribution >= 4 is 23.1 Å². The molecule has 1 aromatic carbocycles. The number of para-hydroxylation sites is 1. The number of hydrogen-bond donors (Lipinski definition) is 2. The van der Waals surface area contributed by atoms with Crippen LogP contribution in [0.3, 0.4) is 0 Å². The molecule has 0 fully saturated rings. The minimum absolute atomic E-state index is 0.431. The van der Waals surface area contributed by atoms with Crippen LogP contribution in [-0.2, 0) is 0 Å². The van der Waals surface area contributed by atoms with Gasteiger partial charge in [-0.2, -0.15) is 0 Å². The Bertz CT molecular complexity index is 526. The third kappa shape index (κ3) is 2.77. The Morgan fingerprint density at radius 1 is 1.29 bits per heavy atom. The van der Waals surface area contributed by atoms with Crippen LogP contribution in [0.15, 0.2) is 47.8 Å². The molecule has 3 N–H and O–H groups in total. The number of hydrogen-bond acceptors (Lipinski definition) is 4. The first kappa shape index (κ1) is 11.5. The van der Waals surface area contributed by atoms with E-state index in [2.05, 4.69) is 20.4 Å².